The zero-order valence-electron chi connectivity index (χ0n) is 26.1. The first-order valence-corrected chi connectivity index (χ1v) is 16.5. The minimum atomic E-state index is 0.00867. The van der Waals surface area contributed by atoms with Crippen molar-refractivity contribution in [3.63, 3.8) is 0 Å². The Hall–Kier alpha value is -6.72. The fourth-order valence-corrected chi connectivity index (χ4v) is 8.33. The molecule has 0 aliphatic rings. The molecule has 0 aliphatic carbocycles. The van der Waals surface area contributed by atoms with E-state index in [9.17, 15) is 9.59 Å². The number of nitrogens with zero attached hydrogens (tertiary/aromatic N) is 3. The Morgan fingerprint density at radius 3 is 1.53 bits per heavy atom. The van der Waals surface area contributed by atoms with Gasteiger partial charge >= 0.3 is 0 Å². The molecule has 5 nitrogen and oxygen atoms in total. The Kier molecular flexibility index (Phi) is 5.07. The van der Waals surface area contributed by atoms with E-state index in [2.05, 4.69) is 68.3 Å². The number of hydrogen-bond donors (Lipinski definition) is 0. The van der Waals surface area contributed by atoms with Gasteiger partial charge in [-0.15, -0.1) is 0 Å². The summed E-state index contributed by atoms with van der Waals surface area (Å²) in [6.07, 6.45) is 0. The molecule has 0 fully saturated rings. The van der Waals surface area contributed by atoms with Gasteiger partial charge in [-0.25, -0.2) is 0 Å². The van der Waals surface area contributed by atoms with E-state index in [0.717, 1.165) is 77.1 Å². The fraction of sp³-hybridized carbons (Fsp3) is 0. The number of rotatable bonds is 3. The molecule has 11 rings (SSSR count). The lowest BCUT2D eigenvalue weighted by atomic mass is 10.0. The van der Waals surface area contributed by atoms with Crippen molar-refractivity contribution < 1.29 is 0 Å². The van der Waals surface area contributed by atoms with Gasteiger partial charge in [-0.05, 0) is 72.8 Å². The topological polar surface area (TPSA) is 46.2 Å². The second-order valence-corrected chi connectivity index (χ2v) is 12.8. The quantitative estimate of drug-likeness (QED) is 0.183. The maximum absolute atomic E-state index is 14.8. The number of anilines is 3. The minimum Gasteiger partial charge on any atom is -0.310 e. The summed E-state index contributed by atoms with van der Waals surface area (Å²) in [6, 6.07) is 51.1. The number of hydrogen-bond acceptors (Lipinski definition) is 3. The third-order valence-corrected chi connectivity index (χ3v) is 10.3. The number of para-hydroxylation sites is 5. The highest BCUT2D eigenvalue weighted by atomic mass is 16.1. The lowest BCUT2D eigenvalue weighted by Gasteiger charge is -2.26. The van der Waals surface area contributed by atoms with Crippen LogP contribution in [-0.2, 0) is 0 Å². The third kappa shape index (κ3) is 3.33. The number of pyridine rings is 2. The maximum atomic E-state index is 14.8. The number of aromatic nitrogens is 2. The largest absolute Gasteiger partial charge is 0.310 e. The van der Waals surface area contributed by atoms with Crippen molar-refractivity contribution in [2.45, 2.75) is 0 Å². The van der Waals surface area contributed by atoms with E-state index in [1.54, 1.807) is 0 Å². The maximum Gasteiger partial charge on any atom is 0.199 e. The molecule has 0 amide bonds. The first-order chi connectivity index (χ1) is 24.2. The molecule has 5 heteroatoms. The molecule has 49 heavy (non-hydrogen) atoms. The van der Waals surface area contributed by atoms with Gasteiger partial charge in [0.25, 0.3) is 0 Å². The summed E-state index contributed by atoms with van der Waals surface area (Å²) < 4.78 is 4.53. The molecule has 0 saturated carbocycles. The molecule has 0 radical (unpaired) electrons. The van der Waals surface area contributed by atoms with Crippen molar-refractivity contribution in [2.75, 3.05) is 4.90 Å². The highest BCUT2D eigenvalue weighted by molar-refractivity contribution is 6.25. The molecule has 7 aromatic carbocycles. The molecule has 11 aromatic rings. The van der Waals surface area contributed by atoms with Gasteiger partial charge < -0.3 is 13.7 Å². The van der Waals surface area contributed by atoms with E-state index >= 15 is 0 Å². The van der Waals surface area contributed by atoms with Crippen LogP contribution in [0.25, 0.3) is 76.2 Å². The fourth-order valence-electron chi connectivity index (χ4n) is 8.33. The average molecular weight is 628 g/mol. The molecule has 0 unspecified atom stereocenters. The van der Waals surface area contributed by atoms with Crippen molar-refractivity contribution in [2.24, 2.45) is 0 Å². The van der Waals surface area contributed by atoms with Gasteiger partial charge in [0.1, 0.15) is 0 Å². The molecule has 228 valence electrons. The van der Waals surface area contributed by atoms with Crippen LogP contribution in [0.3, 0.4) is 0 Å². The number of benzene rings is 7. The Labute approximate surface area is 278 Å². The Morgan fingerprint density at radius 2 is 0.878 bits per heavy atom. The van der Waals surface area contributed by atoms with Crippen LogP contribution in [0, 0.1) is 0 Å². The predicted molar refractivity (Wildman–Crippen MR) is 203 cm³/mol. The van der Waals surface area contributed by atoms with Crippen molar-refractivity contribution in [1.29, 1.82) is 0 Å². The van der Waals surface area contributed by atoms with Crippen molar-refractivity contribution in [1.82, 2.24) is 8.80 Å². The van der Waals surface area contributed by atoms with Crippen molar-refractivity contribution >= 4 is 93.3 Å². The minimum absolute atomic E-state index is 0.00867. The Bertz CT molecular complexity index is 3220. The van der Waals surface area contributed by atoms with Crippen molar-refractivity contribution in [3.05, 3.63) is 172 Å². The third-order valence-electron chi connectivity index (χ3n) is 10.3. The summed E-state index contributed by atoms with van der Waals surface area (Å²) in [5.74, 6) is 0. The highest BCUT2D eigenvalue weighted by Gasteiger charge is 2.25. The van der Waals surface area contributed by atoms with Crippen LogP contribution in [-0.4, -0.2) is 8.80 Å². The average Bonchev–Trinajstić information content (AvgIpc) is 3.66. The summed E-state index contributed by atoms with van der Waals surface area (Å²) in [5.41, 5.74) is 8.49. The zero-order valence-corrected chi connectivity index (χ0v) is 26.1. The zero-order chi connectivity index (χ0) is 32.4. The summed E-state index contributed by atoms with van der Waals surface area (Å²) >= 11 is 0. The molecule has 0 saturated heterocycles. The van der Waals surface area contributed by atoms with Crippen LogP contribution in [0.5, 0.6) is 0 Å². The molecule has 4 aromatic heterocycles. The van der Waals surface area contributed by atoms with Crippen LogP contribution in [0.15, 0.2) is 161 Å². The van der Waals surface area contributed by atoms with Crippen LogP contribution >= 0.6 is 0 Å². The summed E-state index contributed by atoms with van der Waals surface area (Å²) in [5, 5.41) is 6.96. The SMILES string of the molecule is O=c1c2ccccc2n2c3cc4c(cc3c3cccc1c32)c1ccc(N(c2ccccc2)c2ccccc2)c2c(=O)c3ccccc3n4c21. The second kappa shape index (κ2) is 9.43. The number of fused-ring (bicyclic) bond motifs is 10. The van der Waals surface area contributed by atoms with Crippen LogP contribution in [0.2, 0.25) is 0 Å². The molecular formula is C44H25N3O2. The van der Waals surface area contributed by atoms with E-state index in [4.69, 9.17) is 0 Å². The van der Waals surface area contributed by atoms with Gasteiger partial charge in [0.05, 0.1) is 44.2 Å². The van der Waals surface area contributed by atoms with Gasteiger partial charge in [0.2, 0.25) is 0 Å². The van der Waals surface area contributed by atoms with E-state index in [0.29, 0.717) is 16.2 Å². The van der Waals surface area contributed by atoms with Crippen molar-refractivity contribution in [3.8, 4) is 0 Å². The summed E-state index contributed by atoms with van der Waals surface area (Å²) in [6.45, 7) is 0. The van der Waals surface area contributed by atoms with E-state index < -0.39 is 0 Å². The second-order valence-electron chi connectivity index (χ2n) is 12.8. The van der Waals surface area contributed by atoms with Gasteiger partial charge in [-0.3, -0.25) is 9.59 Å². The molecular weight excluding hydrogens is 603 g/mol. The van der Waals surface area contributed by atoms with Crippen LogP contribution in [0.4, 0.5) is 17.1 Å². The van der Waals surface area contributed by atoms with Crippen LogP contribution < -0.4 is 15.8 Å². The predicted octanol–water partition coefficient (Wildman–Crippen LogP) is 10.2. The first kappa shape index (κ1) is 26.4. The lowest BCUT2D eigenvalue weighted by Crippen LogP contribution is -2.15. The van der Waals surface area contributed by atoms with Crippen LogP contribution in [0.1, 0.15) is 0 Å². The highest BCUT2D eigenvalue weighted by Crippen LogP contribution is 2.44. The lowest BCUT2D eigenvalue weighted by molar-refractivity contribution is 1.28. The van der Waals surface area contributed by atoms with Gasteiger partial charge in [0.15, 0.2) is 10.9 Å². The molecule has 4 heterocycles. The Balaban J connectivity index is 1.37. The first-order valence-electron chi connectivity index (χ1n) is 16.5. The molecule has 0 atom stereocenters. The van der Waals surface area contributed by atoms with Gasteiger partial charge in [-0.1, -0.05) is 78.9 Å². The summed E-state index contributed by atoms with van der Waals surface area (Å²) in [4.78, 5) is 30.6. The van der Waals surface area contributed by atoms with Gasteiger partial charge in [-0.2, -0.15) is 0 Å². The van der Waals surface area contributed by atoms with Gasteiger partial charge in [0, 0.05) is 49.1 Å². The molecule has 0 aliphatic heterocycles. The molecule has 0 bridgehead atoms. The normalized spacial score (nSPS) is 12.2. The smallest absolute Gasteiger partial charge is 0.199 e. The monoisotopic (exact) mass is 627 g/mol. The summed E-state index contributed by atoms with van der Waals surface area (Å²) in [7, 11) is 0. The van der Waals surface area contributed by atoms with E-state index in [-0.39, 0.29) is 10.9 Å². The molecule has 0 N–H and O–H groups in total. The standard InChI is InChI=1S/C44H25N3O2/c48-43-30-16-7-9-20-35(30)46-38-25-39-34(24-33(38)28-18-11-19-32(43)41(28)46)29-22-23-37(40-42(29)47(39)36-21-10-8-17-31(36)44(40)49)45(26-12-3-1-4-13-26)27-14-5-2-6-15-27/h1-25H. The Morgan fingerprint density at radius 1 is 0.367 bits per heavy atom. The molecule has 0 spiro atoms. The van der Waals surface area contributed by atoms with E-state index in [1.807, 2.05) is 97.1 Å². The van der Waals surface area contributed by atoms with E-state index in [1.165, 1.54) is 0 Å².